The molecule has 7 nitrogen and oxygen atoms in total. The molecule has 2 aliphatic heterocycles. The highest BCUT2D eigenvalue weighted by Crippen LogP contribution is 2.40. The summed E-state index contributed by atoms with van der Waals surface area (Å²) >= 11 is 2.17. The molecule has 0 bridgehead atoms. The van der Waals surface area contributed by atoms with Crippen molar-refractivity contribution in [2.24, 2.45) is 0 Å². The summed E-state index contributed by atoms with van der Waals surface area (Å²) < 4.78 is 12.4. The number of aliphatic hydroxyl groups is 1. The molecule has 2 fully saturated rings. The number of halogens is 1. The smallest absolute Gasteiger partial charge is 0.415 e. The van der Waals surface area contributed by atoms with Gasteiger partial charge in [-0.25, -0.2) is 4.79 Å². The number of fused-ring (bicyclic) bond motifs is 1. The third kappa shape index (κ3) is 2.95. The largest absolute Gasteiger partial charge is 0.428 e. The number of hydrogen-bond acceptors (Lipinski definition) is 6. The molecule has 3 aromatic rings. The lowest BCUT2D eigenvalue weighted by atomic mass is 9.90. The van der Waals surface area contributed by atoms with E-state index in [0.717, 1.165) is 27.6 Å². The second kappa shape index (κ2) is 6.98. The van der Waals surface area contributed by atoms with Crippen molar-refractivity contribution < 1.29 is 24.2 Å². The van der Waals surface area contributed by atoms with Gasteiger partial charge in [-0.3, -0.25) is 14.1 Å². The lowest BCUT2D eigenvalue weighted by molar-refractivity contribution is -0.184. The Bertz CT molecular complexity index is 1190. The monoisotopic (exact) mass is 536 g/mol. The zero-order chi connectivity index (χ0) is 21.1. The summed E-state index contributed by atoms with van der Waals surface area (Å²) in [6, 6.07) is 13.7. The SMILES string of the molecule is CC1(c2cn(SI)c3ccc(-c4ccc(C5(O)COC5)cc4)cc23)OC(=O)NC1=O. The summed E-state index contributed by atoms with van der Waals surface area (Å²) in [5.41, 5.74) is 2.02. The van der Waals surface area contributed by atoms with Crippen LogP contribution >= 0.6 is 30.3 Å². The van der Waals surface area contributed by atoms with E-state index in [1.807, 2.05) is 52.6 Å². The van der Waals surface area contributed by atoms with Crippen molar-refractivity contribution in [1.82, 2.24) is 9.29 Å². The number of benzene rings is 2. The van der Waals surface area contributed by atoms with E-state index >= 15 is 0 Å². The molecule has 2 aromatic carbocycles. The minimum Gasteiger partial charge on any atom is -0.428 e. The Morgan fingerprint density at radius 1 is 1.13 bits per heavy atom. The van der Waals surface area contributed by atoms with Crippen molar-refractivity contribution in [3.05, 3.63) is 59.8 Å². The fourth-order valence-corrected chi connectivity index (χ4v) is 5.26. The Kier molecular flexibility index (Phi) is 4.62. The number of nitrogens with one attached hydrogen (secondary N) is 1. The van der Waals surface area contributed by atoms with E-state index in [-0.39, 0.29) is 0 Å². The number of imide groups is 1. The first-order valence-electron chi connectivity index (χ1n) is 9.24. The average Bonchev–Trinajstić information content (AvgIpc) is 3.22. The van der Waals surface area contributed by atoms with Gasteiger partial charge in [0, 0.05) is 47.5 Å². The summed E-state index contributed by atoms with van der Waals surface area (Å²) in [5.74, 6) is -0.476. The summed E-state index contributed by atoms with van der Waals surface area (Å²) in [6.45, 7) is 2.22. The maximum atomic E-state index is 12.5. The molecule has 0 saturated carbocycles. The van der Waals surface area contributed by atoms with Crippen LogP contribution in [0.1, 0.15) is 18.1 Å². The highest BCUT2D eigenvalue weighted by molar-refractivity contribution is 14.2. The van der Waals surface area contributed by atoms with Crippen LogP contribution in [-0.2, 0) is 25.5 Å². The van der Waals surface area contributed by atoms with Gasteiger partial charge in [0.05, 0.1) is 18.7 Å². The van der Waals surface area contributed by atoms with Gasteiger partial charge < -0.3 is 14.6 Å². The molecule has 9 heteroatoms. The molecule has 1 aromatic heterocycles. The van der Waals surface area contributed by atoms with Gasteiger partial charge in [0.2, 0.25) is 5.60 Å². The van der Waals surface area contributed by atoms with Crippen LogP contribution in [0, 0.1) is 0 Å². The number of nitrogens with zero attached hydrogens (tertiary/aromatic N) is 1. The number of rotatable bonds is 4. The molecule has 2 N–H and O–H groups in total. The Morgan fingerprint density at radius 3 is 2.40 bits per heavy atom. The van der Waals surface area contributed by atoms with Crippen molar-refractivity contribution in [3.8, 4) is 11.1 Å². The molecule has 2 saturated heterocycles. The van der Waals surface area contributed by atoms with Gasteiger partial charge in [-0.15, -0.1) is 0 Å². The molecule has 2 amide bonds. The minimum absolute atomic E-state index is 0.308. The van der Waals surface area contributed by atoms with E-state index in [9.17, 15) is 14.7 Å². The Hall–Kier alpha value is -2.08. The van der Waals surface area contributed by atoms with Crippen LogP contribution in [0.3, 0.4) is 0 Å². The second-order valence-corrected chi connectivity index (χ2v) is 9.36. The fourth-order valence-electron chi connectivity index (χ4n) is 3.90. The molecule has 1 atom stereocenters. The van der Waals surface area contributed by atoms with Crippen LogP contribution in [0.5, 0.6) is 0 Å². The second-order valence-electron chi connectivity index (χ2n) is 7.65. The Balaban J connectivity index is 1.60. The number of ether oxygens (including phenoxy) is 2. The summed E-state index contributed by atoms with van der Waals surface area (Å²) in [5, 5.41) is 13.5. The van der Waals surface area contributed by atoms with E-state index in [2.05, 4.69) is 26.5 Å². The molecule has 0 spiro atoms. The number of carbonyl (C=O) groups excluding carboxylic acids is 2. The molecular formula is C21H17IN2O5S. The summed E-state index contributed by atoms with van der Waals surface area (Å²) in [7, 11) is 1.47. The van der Waals surface area contributed by atoms with Gasteiger partial charge in [0.1, 0.15) is 5.60 Å². The van der Waals surface area contributed by atoms with Gasteiger partial charge in [-0.05, 0) is 35.7 Å². The lowest BCUT2D eigenvalue weighted by Gasteiger charge is -2.36. The Labute approximate surface area is 188 Å². The molecule has 30 heavy (non-hydrogen) atoms. The lowest BCUT2D eigenvalue weighted by Crippen LogP contribution is -2.46. The maximum Gasteiger partial charge on any atom is 0.415 e. The summed E-state index contributed by atoms with van der Waals surface area (Å²) in [6.07, 6.45) is 1.09. The van der Waals surface area contributed by atoms with E-state index in [1.165, 1.54) is 9.12 Å². The molecular weight excluding hydrogens is 519 g/mol. The van der Waals surface area contributed by atoms with E-state index < -0.39 is 23.2 Å². The first-order chi connectivity index (χ1) is 14.3. The number of aromatic nitrogens is 1. The highest BCUT2D eigenvalue weighted by atomic mass is 127. The average molecular weight is 536 g/mol. The van der Waals surface area contributed by atoms with Gasteiger partial charge >= 0.3 is 6.09 Å². The predicted octanol–water partition coefficient (Wildman–Crippen LogP) is 3.85. The number of amides is 2. The Morgan fingerprint density at radius 2 is 1.83 bits per heavy atom. The third-order valence-electron chi connectivity index (χ3n) is 5.74. The van der Waals surface area contributed by atoms with E-state index in [1.54, 1.807) is 6.92 Å². The number of carbonyl (C=O) groups is 2. The molecule has 0 radical (unpaired) electrons. The zero-order valence-electron chi connectivity index (χ0n) is 15.8. The topological polar surface area (TPSA) is 89.8 Å². The van der Waals surface area contributed by atoms with Gasteiger partial charge in [0.15, 0.2) is 0 Å². The van der Waals surface area contributed by atoms with Crippen LogP contribution in [0.4, 0.5) is 4.79 Å². The van der Waals surface area contributed by atoms with Gasteiger partial charge in [-0.2, -0.15) is 0 Å². The van der Waals surface area contributed by atoms with Crippen LogP contribution in [0.25, 0.3) is 22.0 Å². The van der Waals surface area contributed by atoms with Crippen molar-refractivity contribution in [1.29, 1.82) is 0 Å². The molecule has 154 valence electrons. The molecule has 0 aliphatic carbocycles. The normalized spacial score (nSPS) is 22.6. The molecule has 5 rings (SSSR count). The van der Waals surface area contributed by atoms with Crippen molar-refractivity contribution in [2.75, 3.05) is 13.2 Å². The number of cyclic esters (lactones) is 1. The first-order valence-corrected chi connectivity index (χ1v) is 12.6. The standard InChI is InChI=1S/C21H17IN2O5S/c1-20(18(25)23-19(26)29-20)16-9-24(30-22)17-7-4-13(8-15(16)17)12-2-5-14(6-3-12)21(27)10-28-11-21/h2-9,27H,10-11H2,1H3,(H,23,25,26). The zero-order valence-corrected chi connectivity index (χ0v) is 18.8. The molecule has 3 heterocycles. The van der Waals surface area contributed by atoms with Crippen LogP contribution < -0.4 is 5.32 Å². The fraction of sp³-hybridized carbons (Fsp3) is 0.238. The van der Waals surface area contributed by atoms with Crippen LogP contribution in [0.2, 0.25) is 0 Å². The predicted molar refractivity (Wildman–Crippen MR) is 121 cm³/mol. The first kappa shape index (κ1) is 19.9. The van der Waals surface area contributed by atoms with E-state index in [0.29, 0.717) is 18.8 Å². The number of hydrogen-bond donors (Lipinski definition) is 2. The maximum absolute atomic E-state index is 12.5. The van der Waals surface area contributed by atoms with Crippen molar-refractivity contribution >= 4 is 53.2 Å². The van der Waals surface area contributed by atoms with E-state index in [4.69, 9.17) is 9.47 Å². The third-order valence-corrected chi connectivity index (χ3v) is 7.47. The summed E-state index contributed by atoms with van der Waals surface area (Å²) in [4.78, 5) is 24.1. The van der Waals surface area contributed by atoms with Crippen LogP contribution in [0.15, 0.2) is 48.7 Å². The highest BCUT2D eigenvalue weighted by Gasteiger charge is 2.48. The van der Waals surface area contributed by atoms with Gasteiger partial charge in [-0.1, -0.05) is 30.3 Å². The van der Waals surface area contributed by atoms with Crippen molar-refractivity contribution in [3.63, 3.8) is 0 Å². The van der Waals surface area contributed by atoms with Crippen molar-refractivity contribution in [2.45, 2.75) is 18.1 Å². The molecule has 1 unspecified atom stereocenters. The number of alkyl carbamates (subject to hydrolysis) is 1. The van der Waals surface area contributed by atoms with Gasteiger partial charge in [0.25, 0.3) is 5.91 Å². The quantitative estimate of drug-likeness (QED) is 0.493. The minimum atomic E-state index is -1.39. The van der Waals surface area contributed by atoms with Crippen LogP contribution in [-0.4, -0.2) is 34.3 Å². The molecule has 2 aliphatic rings.